The predicted molar refractivity (Wildman–Crippen MR) is 72.1 cm³/mol. The van der Waals surface area contributed by atoms with Crippen molar-refractivity contribution in [3.63, 3.8) is 0 Å². The number of aromatic nitrogens is 1. The Balaban J connectivity index is 2.23. The zero-order valence-electron chi connectivity index (χ0n) is 10.9. The van der Waals surface area contributed by atoms with Crippen LogP contribution < -0.4 is 10.6 Å². The first kappa shape index (κ1) is 12.4. The van der Waals surface area contributed by atoms with Crippen LogP contribution in [0.3, 0.4) is 0 Å². The standard InChI is InChI=1S/C14H23N3/c1-11-4-3-8-17(9-6-11)14-13(10-15)12(2)5-7-16-14/h5,7,11H,3-4,6,8-10,15H2,1-2H3. The van der Waals surface area contributed by atoms with Crippen LogP contribution in [-0.2, 0) is 6.54 Å². The molecule has 94 valence electrons. The monoisotopic (exact) mass is 233 g/mol. The fourth-order valence-electron chi connectivity index (χ4n) is 2.57. The lowest BCUT2D eigenvalue weighted by Crippen LogP contribution is -2.27. The summed E-state index contributed by atoms with van der Waals surface area (Å²) in [4.78, 5) is 6.96. The maximum Gasteiger partial charge on any atom is 0.133 e. The number of anilines is 1. The van der Waals surface area contributed by atoms with Crippen LogP contribution in [-0.4, -0.2) is 18.1 Å². The van der Waals surface area contributed by atoms with Crippen molar-refractivity contribution in [2.45, 2.75) is 39.7 Å². The summed E-state index contributed by atoms with van der Waals surface area (Å²) in [5.74, 6) is 1.95. The molecule has 0 saturated carbocycles. The molecule has 1 atom stereocenters. The third-order valence-electron chi connectivity index (χ3n) is 3.79. The SMILES string of the molecule is Cc1ccnc(N2CCCC(C)CC2)c1CN. The van der Waals surface area contributed by atoms with Crippen LogP contribution in [0.1, 0.15) is 37.3 Å². The van der Waals surface area contributed by atoms with Crippen LogP contribution in [0.5, 0.6) is 0 Å². The Hall–Kier alpha value is -1.09. The van der Waals surface area contributed by atoms with E-state index in [4.69, 9.17) is 5.73 Å². The Morgan fingerprint density at radius 2 is 2.24 bits per heavy atom. The second kappa shape index (κ2) is 5.50. The lowest BCUT2D eigenvalue weighted by atomic mass is 10.0. The van der Waals surface area contributed by atoms with Gasteiger partial charge in [-0.05, 0) is 43.7 Å². The van der Waals surface area contributed by atoms with Gasteiger partial charge in [0.05, 0.1) is 0 Å². The van der Waals surface area contributed by atoms with Crippen LogP contribution in [0.15, 0.2) is 12.3 Å². The number of rotatable bonds is 2. The third-order valence-corrected chi connectivity index (χ3v) is 3.79. The van der Waals surface area contributed by atoms with E-state index >= 15 is 0 Å². The molecule has 17 heavy (non-hydrogen) atoms. The van der Waals surface area contributed by atoms with E-state index in [1.807, 2.05) is 12.3 Å². The van der Waals surface area contributed by atoms with E-state index in [-0.39, 0.29) is 0 Å². The van der Waals surface area contributed by atoms with Crippen LogP contribution in [0.4, 0.5) is 5.82 Å². The summed E-state index contributed by atoms with van der Waals surface area (Å²) >= 11 is 0. The molecule has 1 aromatic heterocycles. The van der Waals surface area contributed by atoms with Gasteiger partial charge >= 0.3 is 0 Å². The lowest BCUT2D eigenvalue weighted by Gasteiger charge is -2.24. The fourth-order valence-corrected chi connectivity index (χ4v) is 2.57. The summed E-state index contributed by atoms with van der Waals surface area (Å²) in [6.07, 6.45) is 5.76. The molecule has 0 amide bonds. The quantitative estimate of drug-likeness (QED) is 0.853. The third kappa shape index (κ3) is 2.78. The van der Waals surface area contributed by atoms with Gasteiger partial charge in [0.2, 0.25) is 0 Å². The smallest absolute Gasteiger partial charge is 0.133 e. The van der Waals surface area contributed by atoms with Crippen LogP contribution >= 0.6 is 0 Å². The van der Waals surface area contributed by atoms with E-state index in [2.05, 4.69) is 23.7 Å². The zero-order valence-corrected chi connectivity index (χ0v) is 10.9. The lowest BCUT2D eigenvalue weighted by molar-refractivity contribution is 0.521. The van der Waals surface area contributed by atoms with Crippen molar-refractivity contribution in [1.29, 1.82) is 0 Å². The molecule has 2 N–H and O–H groups in total. The molecule has 1 aromatic rings. The van der Waals surface area contributed by atoms with E-state index in [1.54, 1.807) is 0 Å². The Morgan fingerprint density at radius 3 is 3.00 bits per heavy atom. The van der Waals surface area contributed by atoms with E-state index in [0.29, 0.717) is 6.54 Å². The van der Waals surface area contributed by atoms with Crippen LogP contribution in [0.2, 0.25) is 0 Å². The molecule has 0 spiro atoms. The first-order valence-electron chi connectivity index (χ1n) is 6.62. The van der Waals surface area contributed by atoms with Crippen molar-refractivity contribution in [2.24, 2.45) is 11.7 Å². The number of nitrogens with zero attached hydrogens (tertiary/aromatic N) is 2. The molecule has 0 bridgehead atoms. The molecule has 1 saturated heterocycles. The number of nitrogens with two attached hydrogens (primary N) is 1. The second-order valence-electron chi connectivity index (χ2n) is 5.16. The van der Waals surface area contributed by atoms with Gasteiger partial charge in [0.25, 0.3) is 0 Å². The maximum atomic E-state index is 5.86. The average molecular weight is 233 g/mol. The first-order chi connectivity index (χ1) is 8.22. The van der Waals surface area contributed by atoms with Crippen LogP contribution in [0, 0.1) is 12.8 Å². The van der Waals surface area contributed by atoms with Crippen molar-refractivity contribution in [3.8, 4) is 0 Å². The van der Waals surface area contributed by atoms with Crippen molar-refractivity contribution < 1.29 is 0 Å². The Labute approximate surface area is 104 Å². The summed E-state index contributed by atoms with van der Waals surface area (Å²) in [5, 5.41) is 0. The molecule has 1 aliphatic rings. The van der Waals surface area contributed by atoms with Gasteiger partial charge in [0.15, 0.2) is 0 Å². The molecule has 3 nitrogen and oxygen atoms in total. The molecular weight excluding hydrogens is 210 g/mol. The Bertz CT molecular complexity index is 376. The van der Waals surface area contributed by atoms with Gasteiger partial charge in [-0.2, -0.15) is 0 Å². The van der Waals surface area contributed by atoms with Gasteiger partial charge in [0, 0.05) is 31.4 Å². The van der Waals surface area contributed by atoms with E-state index in [9.17, 15) is 0 Å². The van der Waals surface area contributed by atoms with Crippen molar-refractivity contribution >= 4 is 5.82 Å². The second-order valence-corrected chi connectivity index (χ2v) is 5.16. The summed E-state index contributed by atoms with van der Waals surface area (Å²) in [6, 6.07) is 2.05. The first-order valence-corrected chi connectivity index (χ1v) is 6.62. The summed E-state index contributed by atoms with van der Waals surface area (Å²) in [5.41, 5.74) is 8.33. The Kier molecular flexibility index (Phi) is 4.00. The average Bonchev–Trinajstić information content (AvgIpc) is 2.54. The molecule has 0 radical (unpaired) electrons. The normalized spacial score (nSPS) is 21.4. The maximum absolute atomic E-state index is 5.86. The van der Waals surface area contributed by atoms with Gasteiger partial charge < -0.3 is 10.6 Å². The van der Waals surface area contributed by atoms with Gasteiger partial charge in [0.1, 0.15) is 5.82 Å². The minimum absolute atomic E-state index is 0.584. The molecule has 1 fully saturated rings. The summed E-state index contributed by atoms with van der Waals surface area (Å²) in [7, 11) is 0. The van der Waals surface area contributed by atoms with Gasteiger partial charge in [-0.25, -0.2) is 4.98 Å². The van der Waals surface area contributed by atoms with Gasteiger partial charge in [-0.15, -0.1) is 0 Å². The fraction of sp³-hybridized carbons (Fsp3) is 0.643. The van der Waals surface area contributed by atoms with Crippen LogP contribution in [0.25, 0.3) is 0 Å². The van der Waals surface area contributed by atoms with Gasteiger partial charge in [-0.1, -0.05) is 6.92 Å². The largest absolute Gasteiger partial charge is 0.356 e. The molecule has 2 heterocycles. The van der Waals surface area contributed by atoms with Crippen molar-refractivity contribution in [1.82, 2.24) is 4.98 Å². The Morgan fingerprint density at radius 1 is 1.41 bits per heavy atom. The number of pyridine rings is 1. The zero-order chi connectivity index (χ0) is 12.3. The molecule has 3 heteroatoms. The highest BCUT2D eigenvalue weighted by atomic mass is 15.2. The molecular formula is C14H23N3. The van der Waals surface area contributed by atoms with E-state index in [0.717, 1.165) is 24.8 Å². The van der Waals surface area contributed by atoms with E-state index in [1.165, 1.54) is 30.4 Å². The number of hydrogen-bond acceptors (Lipinski definition) is 3. The minimum atomic E-state index is 0.584. The molecule has 0 aromatic carbocycles. The van der Waals surface area contributed by atoms with Crippen molar-refractivity contribution in [2.75, 3.05) is 18.0 Å². The molecule has 1 aliphatic heterocycles. The summed E-state index contributed by atoms with van der Waals surface area (Å²) < 4.78 is 0. The van der Waals surface area contributed by atoms with Gasteiger partial charge in [-0.3, -0.25) is 0 Å². The molecule has 2 rings (SSSR count). The van der Waals surface area contributed by atoms with Crippen molar-refractivity contribution in [3.05, 3.63) is 23.4 Å². The van der Waals surface area contributed by atoms with E-state index < -0.39 is 0 Å². The molecule has 1 unspecified atom stereocenters. The highest BCUT2D eigenvalue weighted by molar-refractivity contribution is 5.50. The number of hydrogen-bond donors (Lipinski definition) is 1. The predicted octanol–water partition coefficient (Wildman–Crippen LogP) is 2.48. The highest BCUT2D eigenvalue weighted by Crippen LogP contribution is 2.25. The molecule has 0 aliphatic carbocycles. The highest BCUT2D eigenvalue weighted by Gasteiger charge is 2.17. The topological polar surface area (TPSA) is 42.2 Å². The summed E-state index contributed by atoms with van der Waals surface area (Å²) in [6.45, 7) is 7.28. The number of aryl methyl sites for hydroxylation is 1. The minimum Gasteiger partial charge on any atom is -0.356 e.